The van der Waals surface area contributed by atoms with Crippen molar-refractivity contribution >= 4 is 41.8 Å². The van der Waals surface area contributed by atoms with Crippen LogP contribution in [0.4, 0.5) is 0 Å². The zero-order valence-electron chi connectivity index (χ0n) is 23.5. The molecule has 0 N–H and O–H groups in total. The summed E-state index contributed by atoms with van der Waals surface area (Å²) in [6.07, 6.45) is 5.64. The Morgan fingerprint density at radius 2 is 0.651 bits per heavy atom. The van der Waals surface area contributed by atoms with Crippen molar-refractivity contribution in [3.8, 4) is 0 Å². The van der Waals surface area contributed by atoms with Crippen LogP contribution in [0.15, 0.2) is 88.6 Å². The molecule has 0 amide bonds. The van der Waals surface area contributed by atoms with Gasteiger partial charge in [0.05, 0.1) is 0 Å². The Hall–Kier alpha value is -5.53. The molecule has 0 aromatic carbocycles. The van der Waals surface area contributed by atoms with Crippen LogP contribution in [0.5, 0.6) is 0 Å². The van der Waals surface area contributed by atoms with Gasteiger partial charge in [0.2, 0.25) is 0 Å². The Morgan fingerprint density at radius 3 is 0.884 bits per heavy atom. The predicted molar refractivity (Wildman–Crippen MR) is 149 cm³/mol. The molecular formula is C29H34O14. The topological polar surface area (TPSA) is 184 Å². The molecule has 0 saturated carbocycles. The van der Waals surface area contributed by atoms with E-state index in [2.05, 4.69) is 55.5 Å². The van der Waals surface area contributed by atoms with Crippen LogP contribution in [-0.4, -0.2) is 87.5 Å². The van der Waals surface area contributed by atoms with Crippen molar-refractivity contribution in [2.24, 2.45) is 5.41 Å². The molecule has 0 radical (unpaired) electrons. The smallest absolute Gasteiger partial charge is 0.330 e. The van der Waals surface area contributed by atoms with Crippen LogP contribution in [0, 0.1) is 5.41 Å². The second-order valence-corrected chi connectivity index (χ2v) is 7.68. The molecule has 0 aliphatic rings. The summed E-state index contributed by atoms with van der Waals surface area (Å²) >= 11 is 0. The maximum atomic E-state index is 11.3. The van der Waals surface area contributed by atoms with Gasteiger partial charge in [-0.1, -0.05) is 46.1 Å². The summed E-state index contributed by atoms with van der Waals surface area (Å²) in [5.74, 6) is -5.11. The van der Waals surface area contributed by atoms with Gasteiger partial charge >= 0.3 is 41.8 Å². The fraction of sp³-hybridized carbons (Fsp3) is 0.276. The minimum Gasteiger partial charge on any atom is -0.462 e. The number of rotatable bonds is 20. The molecule has 0 fully saturated rings. The van der Waals surface area contributed by atoms with Gasteiger partial charge in [0.25, 0.3) is 0 Å². The Labute approximate surface area is 248 Å². The lowest BCUT2D eigenvalue weighted by Gasteiger charge is -2.31. The highest BCUT2D eigenvalue weighted by Gasteiger charge is 2.37. The molecule has 0 aromatic rings. The van der Waals surface area contributed by atoms with Gasteiger partial charge in [0.1, 0.15) is 45.1 Å². The van der Waals surface area contributed by atoms with Gasteiger partial charge in [-0.2, -0.15) is 0 Å². The molecule has 0 aliphatic carbocycles. The number of ether oxygens (including phenoxy) is 7. The molecule has 14 heteroatoms. The van der Waals surface area contributed by atoms with Crippen molar-refractivity contribution in [3.05, 3.63) is 88.6 Å². The molecule has 234 valence electrons. The van der Waals surface area contributed by atoms with Crippen LogP contribution in [0.1, 0.15) is 0 Å². The van der Waals surface area contributed by atoms with E-state index in [0.29, 0.717) is 0 Å². The summed E-state index contributed by atoms with van der Waals surface area (Å²) < 4.78 is 34.0. The summed E-state index contributed by atoms with van der Waals surface area (Å²) in [6, 6.07) is 0. The molecule has 0 atom stereocenters. The van der Waals surface area contributed by atoms with Crippen LogP contribution in [0.25, 0.3) is 0 Å². The molecule has 0 unspecified atom stereocenters. The molecule has 0 spiro atoms. The van der Waals surface area contributed by atoms with Crippen molar-refractivity contribution in [3.63, 3.8) is 0 Å². The number of esters is 7. The first-order valence-electron chi connectivity index (χ1n) is 11.9. The quantitative estimate of drug-likeness (QED) is 0.110. The van der Waals surface area contributed by atoms with Gasteiger partial charge in [0.15, 0.2) is 6.10 Å². The number of hydrogen-bond donors (Lipinski definition) is 0. The van der Waals surface area contributed by atoms with Crippen molar-refractivity contribution in [1.82, 2.24) is 0 Å². The predicted octanol–water partition coefficient (Wildman–Crippen LogP) is 1.43. The molecule has 0 aliphatic heterocycles. The third-order valence-electron chi connectivity index (χ3n) is 4.35. The Bertz CT molecular complexity index is 959. The molecule has 0 saturated heterocycles. The monoisotopic (exact) mass is 606 g/mol. The number of hydrogen-bond acceptors (Lipinski definition) is 14. The summed E-state index contributed by atoms with van der Waals surface area (Å²) in [5, 5.41) is 0. The number of carbonyl (C=O) groups excluding carboxylic acids is 7. The van der Waals surface area contributed by atoms with E-state index in [1.807, 2.05) is 0 Å². The van der Waals surface area contributed by atoms with Gasteiger partial charge < -0.3 is 33.2 Å². The van der Waals surface area contributed by atoms with Crippen molar-refractivity contribution in [2.45, 2.75) is 6.10 Å². The van der Waals surface area contributed by atoms with E-state index in [-0.39, 0.29) is 39.6 Å². The summed E-state index contributed by atoms with van der Waals surface area (Å²) in [5.41, 5.74) is -1.34. The van der Waals surface area contributed by atoms with Crippen molar-refractivity contribution in [2.75, 3.05) is 39.6 Å². The zero-order chi connectivity index (χ0) is 33.3. The standard InChI is InChI=1S/C17H20O8.C12H14O6/c1-5-13(18)22-9-17(10-23-14(19)6-2,11-24-15(20)7-3)12-25-16(21)8-4;1-4-10(13)16-7-9(18-12(15)6-3)8-17-11(14)5-2/h5-8H,1-4,9-12H2;4-6,9H,1-3,7-8H2. The third kappa shape index (κ3) is 20.1. The van der Waals surface area contributed by atoms with Crippen LogP contribution >= 0.6 is 0 Å². The van der Waals surface area contributed by atoms with E-state index in [0.717, 1.165) is 42.5 Å². The van der Waals surface area contributed by atoms with Crippen LogP contribution in [0.3, 0.4) is 0 Å². The molecule has 0 bridgehead atoms. The van der Waals surface area contributed by atoms with E-state index in [9.17, 15) is 33.6 Å². The van der Waals surface area contributed by atoms with Crippen LogP contribution in [0.2, 0.25) is 0 Å². The third-order valence-corrected chi connectivity index (χ3v) is 4.35. The minimum atomic E-state index is -1.34. The summed E-state index contributed by atoms with van der Waals surface area (Å²) in [4.78, 5) is 78.0. The van der Waals surface area contributed by atoms with Crippen LogP contribution < -0.4 is 0 Å². The molecule has 43 heavy (non-hydrogen) atoms. The average Bonchev–Trinajstić information content (AvgIpc) is 3.03. The van der Waals surface area contributed by atoms with E-state index in [1.165, 1.54) is 0 Å². The van der Waals surface area contributed by atoms with E-state index in [1.54, 1.807) is 0 Å². The second kappa shape index (κ2) is 23.2. The van der Waals surface area contributed by atoms with Gasteiger partial charge in [-0.25, -0.2) is 33.6 Å². The Balaban J connectivity index is 0. The van der Waals surface area contributed by atoms with Crippen LogP contribution in [-0.2, 0) is 66.7 Å². The van der Waals surface area contributed by atoms with Gasteiger partial charge in [-0.15, -0.1) is 0 Å². The van der Waals surface area contributed by atoms with E-state index < -0.39 is 53.3 Å². The fourth-order valence-corrected chi connectivity index (χ4v) is 2.18. The highest BCUT2D eigenvalue weighted by atomic mass is 16.6. The van der Waals surface area contributed by atoms with Gasteiger partial charge in [-0.05, 0) is 0 Å². The van der Waals surface area contributed by atoms with E-state index >= 15 is 0 Å². The van der Waals surface area contributed by atoms with Crippen molar-refractivity contribution < 1.29 is 66.7 Å². The fourth-order valence-electron chi connectivity index (χ4n) is 2.18. The molecular weight excluding hydrogens is 572 g/mol. The normalized spacial score (nSPS) is 9.60. The lowest BCUT2D eigenvalue weighted by atomic mass is 9.92. The first-order chi connectivity index (χ1) is 20.3. The molecule has 0 heterocycles. The van der Waals surface area contributed by atoms with Crippen molar-refractivity contribution in [1.29, 1.82) is 0 Å². The highest BCUT2D eigenvalue weighted by Crippen LogP contribution is 2.21. The maximum Gasteiger partial charge on any atom is 0.330 e. The van der Waals surface area contributed by atoms with Gasteiger partial charge in [0, 0.05) is 42.5 Å². The minimum absolute atomic E-state index is 0.255. The lowest BCUT2D eigenvalue weighted by molar-refractivity contribution is -0.164. The lowest BCUT2D eigenvalue weighted by Crippen LogP contribution is -2.43. The Kier molecular flexibility index (Phi) is 21.4. The first kappa shape index (κ1) is 39.6. The van der Waals surface area contributed by atoms with Gasteiger partial charge in [-0.3, -0.25) is 0 Å². The Morgan fingerprint density at radius 1 is 0.419 bits per heavy atom. The highest BCUT2D eigenvalue weighted by molar-refractivity contribution is 5.83. The van der Waals surface area contributed by atoms with E-state index in [4.69, 9.17) is 23.7 Å². The molecule has 0 aromatic heterocycles. The zero-order valence-corrected chi connectivity index (χ0v) is 23.5. The molecule has 14 nitrogen and oxygen atoms in total. The summed E-state index contributed by atoms with van der Waals surface area (Å²) in [7, 11) is 0. The first-order valence-corrected chi connectivity index (χ1v) is 11.9. The summed E-state index contributed by atoms with van der Waals surface area (Å²) in [6.45, 7) is 20.6. The average molecular weight is 607 g/mol. The molecule has 0 rings (SSSR count). The number of carbonyl (C=O) groups is 7. The second-order valence-electron chi connectivity index (χ2n) is 7.68. The maximum absolute atomic E-state index is 11.3. The SMILES string of the molecule is C=CC(=O)OCC(COC(=O)C=C)(COC(=O)C=C)COC(=O)C=C.C=CC(=O)OCC(COC(=O)C=C)OC(=O)C=C. The largest absolute Gasteiger partial charge is 0.462 e.